The zero-order valence-corrected chi connectivity index (χ0v) is 18.0. The summed E-state index contributed by atoms with van der Waals surface area (Å²) in [5.74, 6) is -0.181. The monoisotopic (exact) mass is 414 g/mol. The fraction of sp³-hybridized carbons (Fsp3) is 0.435. The van der Waals surface area contributed by atoms with Crippen molar-refractivity contribution >= 4 is 15.7 Å². The Kier molecular flexibility index (Phi) is 7.09. The minimum Gasteiger partial charge on any atom is -0.348 e. The van der Waals surface area contributed by atoms with E-state index in [4.69, 9.17) is 0 Å². The van der Waals surface area contributed by atoms with E-state index < -0.39 is 9.84 Å². The van der Waals surface area contributed by atoms with Crippen LogP contribution in [0, 0.1) is 0 Å². The zero-order chi connectivity index (χ0) is 20.9. The maximum Gasteiger partial charge on any atom is 0.251 e. The minimum absolute atomic E-state index is 0.0164. The van der Waals surface area contributed by atoms with Crippen molar-refractivity contribution in [1.29, 1.82) is 0 Å². The quantitative estimate of drug-likeness (QED) is 0.753. The third-order valence-electron chi connectivity index (χ3n) is 5.45. The number of benzene rings is 2. The van der Waals surface area contributed by atoms with Gasteiger partial charge in [-0.3, -0.25) is 9.69 Å². The fourth-order valence-electron chi connectivity index (χ4n) is 3.73. The molecule has 2 aromatic carbocycles. The van der Waals surface area contributed by atoms with Gasteiger partial charge in [-0.1, -0.05) is 42.8 Å². The fourth-order valence-corrected chi connectivity index (χ4v) is 4.53. The van der Waals surface area contributed by atoms with Crippen LogP contribution in [0.1, 0.15) is 53.2 Å². The molecule has 1 heterocycles. The minimum atomic E-state index is -3.08. The number of nitrogens with zero attached hydrogens (tertiary/aromatic N) is 1. The van der Waals surface area contributed by atoms with Gasteiger partial charge in [0.1, 0.15) is 0 Å². The largest absolute Gasteiger partial charge is 0.348 e. The Morgan fingerprint density at radius 2 is 1.62 bits per heavy atom. The number of likely N-dealkylation sites (tertiary alicyclic amines) is 1. The van der Waals surface area contributed by atoms with E-state index in [0.29, 0.717) is 23.7 Å². The molecular formula is C23H30N2O3S. The van der Waals surface area contributed by atoms with Crippen LogP contribution in [0.4, 0.5) is 0 Å². The zero-order valence-electron chi connectivity index (χ0n) is 17.2. The highest BCUT2D eigenvalue weighted by atomic mass is 32.2. The highest BCUT2D eigenvalue weighted by molar-refractivity contribution is 7.89. The SMILES string of the molecule is CC1CCCCN1Cc1ccc(CNC(=O)c2ccc(CS(C)(=O)=O)cc2)cc1. The number of hydrogen-bond donors (Lipinski definition) is 1. The van der Waals surface area contributed by atoms with Crippen molar-refractivity contribution in [3.05, 3.63) is 70.8 Å². The first kappa shape index (κ1) is 21.5. The van der Waals surface area contributed by atoms with Gasteiger partial charge < -0.3 is 5.32 Å². The summed E-state index contributed by atoms with van der Waals surface area (Å²) < 4.78 is 22.7. The lowest BCUT2D eigenvalue weighted by Gasteiger charge is -2.33. The van der Waals surface area contributed by atoms with E-state index in [1.165, 1.54) is 37.6 Å². The van der Waals surface area contributed by atoms with Gasteiger partial charge in [0.15, 0.2) is 9.84 Å². The summed E-state index contributed by atoms with van der Waals surface area (Å²) in [7, 11) is -3.08. The molecule has 156 valence electrons. The topological polar surface area (TPSA) is 66.5 Å². The molecular weight excluding hydrogens is 384 g/mol. The molecule has 2 aromatic rings. The van der Waals surface area contributed by atoms with Gasteiger partial charge in [-0.05, 0) is 55.1 Å². The normalized spacial score (nSPS) is 17.8. The molecule has 0 bridgehead atoms. The lowest BCUT2D eigenvalue weighted by Crippen LogP contribution is -2.36. The Bertz CT molecular complexity index is 922. The molecule has 0 aliphatic carbocycles. The predicted octanol–water partition coefficient (Wildman–Crippen LogP) is 3.54. The Labute approximate surface area is 174 Å². The highest BCUT2D eigenvalue weighted by Gasteiger charge is 2.18. The molecule has 0 aromatic heterocycles. The molecule has 1 fully saturated rings. The van der Waals surface area contributed by atoms with Crippen LogP contribution in [0.3, 0.4) is 0 Å². The van der Waals surface area contributed by atoms with Gasteiger partial charge in [0.25, 0.3) is 5.91 Å². The van der Waals surface area contributed by atoms with Crippen LogP contribution in [-0.4, -0.2) is 38.1 Å². The van der Waals surface area contributed by atoms with E-state index in [2.05, 4.69) is 41.4 Å². The molecule has 0 radical (unpaired) electrons. The molecule has 6 heteroatoms. The second-order valence-electron chi connectivity index (χ2n) is 8.08. The number of piperidine rings is 1. The molecule has 0 saturated carbocycles. The Balaban J connectivity index is 1.51. The smallest absolute Gasteiger partial charge is 0.251 e. The van der Waals surface area contributed by atoms with Gasteiger partial charge in [-0.25, -0.2) is 8.42 Å². The average molecular weight is 415 g/mol. The Morgan fingerprint density at radius 1 is 1.00 bits per heavy atom. The van der Waals surface area contributed by atoms with E-state index >= 15 is 0 Å². The molecule has 1 aliphatic rings. The number of rotatable bonds is 7. The molecule has 1 amide bonds. The van der Waals surface area contributed by atoms with Crippen LogP contribution >= 0.6 is 0 Å². The van der Waals surface area contributed by atoms with Crippen molar-refractivity contribution in [3.8, 4) is 0 Å². The molecule has 1 aliphatic heterocycles. The van der Waals surface area contributed by atoms with Crippen molar-refractivity contribution in [2.24, 2.45) is 0 Å². The van der Waals surface area contributed by atoms with Gasteiger partial charge in [0, 0.05) is 31.0 Å². The van der Waals surface area contributed by atoms with E-state index in [0.717, 1.165) is 12.1 Å². The number of nitrogens with one attached hydrogen (secondary N) is 1. The molecule has 0 spiro atoms. The average Bonchev–Trinajstić information content (AvgIpc) is 2.68. The molecule has 5 nitrogen and oxygen atoms in total. The lowest BCUT2D eigenvalue weighted by molar-refractivity contribution is 0.0951. The molecule has 3 rings (SSSR count). The van der Waals surface area contributed by atoms with E-state index in [9.17, 15) is 13.2 Å². The maximum absolute atomic E-state index is 12.3. The molecule has 29 heavy (non-hydrogen) atoms. The van der Waals surface area contributed by atoms with Crippen LogP contribution in [0.25, 0.3) is 0 Å². The van der Waals surface area contributed by atoms with Crippen molar-refractivity contribution in [2.45, 2.75) is 51.1 Å². The van der Waals surface area contributed by atoms with Crippen LogP contribution in [0.2, 0.25) is 0 Å². The van der Waals surface area contributed by atoms with Crippen LogP contribution in [0.5, 0.6) is 0 Å². The summed E-state index contributed by atoms with van der Waals surface area (Å²) in [6, 6.07) is 15.8. The van der Waals surface area contributed by atoms with Gasteiger partial charge in [0.05, 0.1) is 5.75 Å². The van der Waals surface area contributed by atoms with Crippen molar-refractivity contribution in [3.63, 3.8) is 0 Å². The van der Waals surface area contributed by atoms with Crippen molar-refractivity contribution in [1.82, 2.24) is 10.2 Å². The molecule has 1 N–H and O–H groups in total. The first-order valence-corrected chi connectivity index (χ1v) is 12.2. The van der Waals surface area contributed by atoms with Crippen molar-refractivity contribution < 1.29 is 13.2 Å². The number of sulfone groups is 1. The maximum atomic E-state index is 12.3. The standard InChI is InChI=1S/C23H30N2O3S/c1-18-5-3-4-14-25(18)16-20-8-6-19(7-9-20)15-24-23(26)22-12-10-21(11-13-22)17-29(2,27)28/h6-13,18H,3-5,14-17H2,1-2H3,(H,24,26). The lowest BCUT2D eigenvalue weighted by atomic mass is 10.0. The number of amides is 1. The van der Waals surface area contributed by atoms with E-state index in [1.54, 1.807) is 24.3 Å². The predicted molar refractivity (Wildman–Crippen MR) is 116 cm³/mol. The van der Waals surface area contributed by atoms with Gasteiger partial charge >= 0.3 is 0 Å². The number of hydrogen-bond acceptors (Lipinski definition) is 4. The number of carbonyl (C=O) groups excluding carboxylic acids is 1. The Morgan fingerprint density at radius 3 is 2.24 bits per heavy atom. The van der Waals surface area contributed by atoms with Gasteiger partial charge in [-0.15, -0.1) is 0 Å². The van der Waals surface area contributed by atoms with Gasteiger partial charge in [-0.2, -0.15) is 0 Å². The summed E-state index contributed by atoms with van der Waals surface area (Å²) >= 11 is 0. The summed E-state index contributed by atoms with van der Waals surface area (Å²) in [4.78, 5) is 14.9. The van der Waals surface area contributed by atoms with Crippen LogP contribution in [-0.2, 0) is 28.7 Å². The van der Waals surface area contributed by atoms with Crippen molar-refractivity contribution in [2.75, 3.05) is 12.8 Å². The second kappa shape index (κ2) is 9.55. The summed E-state index contributed by atoms with van der Waals surface area (Å²) in [6.07, 6.45) is 5.09. The first-order valence-electron chi connectivity index (χ1n) is 10.2. The van der Waals surface area contributed by atoms with E-state index in [1.807, 2.05) is 0 Å². The summed E-state index contributed by atoms with van der Waals surface area (Å²) in [5, 5.41) is 2.92. The molecule has 1 saturated heterocycles. The van der Waals surface area contributed by atoms with Crippen LogP contribution in [0.15, 0.2) is 48.5 Å². The molecule has 1 atom stereocenters. The summed E-state index contributed by atoms with van der Waals surface area (Å²) in [5.41, 5.74) is 3.57. The Hall–Kier alpha value is -2.18. The second-order valence-corrected chi connectivity index (χ2v) is 10.2. The highest BCUT2D eigenvalue weighted by Crippen LogP contribution is 2.19. The molecule has 1 unspecified atom stereocenters. The first-order chi connectivity index (χ1) is 13.8. The summed E-state index contributed by atoms with van der Waals surface area (Å²) in [6.45, 7) is 4.91. The van der Waals surface area contributed by atoms with Gasteiger partial charge in [0.2, 0.25) is 0 Å². The third kappa shape index (κ3) is 6.68. The van der Waals surface area contributed by atoms with E-state index in [-0.39, 0.29) is 11.7 Å². The number of carbonyl (C=O) groups is 1. The van der Waals surface area contributed by atoms with Crippen LogP contribution < -0.4 is 5.32 Å². The third-order valence-corrected chi connectivity index (χ3v) is 6.30.